The second kappa shape index (κ2) is 5.83. The van der Waals surface area contributed by atoms with E-state index in [1.807, 2.05) is 24.3 Å². The molecule has 0 heterocycles. The van der Waals surface area contributed by atoms with Crippen molar-refractivity contribution >= 4 is 5.91 Å². The van der Waals surface area contributed by atoms with Gasteiger partial charge in [-0.25, -0.2) is 0 Å². The Balaban J connectivity index is 1.78. The van der Waals surface area contributed by atoms with Gasteiger partial charge in [0.15, 0.2) is 0 Å². The van der Waals surface area contributed by atoms with Gasteiger partial charge < -0.3 is 15.8 Å². The van der Waals surface area contributed by atoms with Gasteiger partial charge in [-0.3, -0.25) is 4.79 Å². The van der Waals surface area contributed by atoms with Crippen LogP contribution in [0, 0.1) is 5.41 Å². The Morgan fingerprint density at radius 1 is 1.40 bits per heavy atom. The number of methoxy groups -OCH3 is 1. The van der Waals surface area contributed by atoms with E-state index >= 15 is 0 Å². The summed E-state index contributed by atoms with van der Waals surface area (Å²) in [5.41, 5.74) is 7.11. The van der Waals surface area contributed by atoms with Crippen molar-refractivity contribution in [1.82, 2.24) is 5.32 Å². The number of benzene rings is 1. The summed E-state index contributed by atoms with van der Waals surface area (Å²) >= 11 is 0. The smallest absolute Gasteiger partial charge is 0.220 e. The third-order valence-corrected chi connectivity index (χ3v) is 4.48. The minimum Gasteiger partial charge on any atom is -0.497 e. The molecule has 0 radical (unpaired) electrons. The highest BCUT2D eigenvalue weighted by atomic mass is 16.5. The molecule has 0 aliphatic heterocycles. The molecule has 1 aromatic carbocycles. The third-order valence-electron chi connectivity index (χ3n) is 4.48. The summed E-state index contributed by atoms with van der Waals surface area (Å²) in [6.45, 7) is 4.21. The van der Waals surface area contributed by atoms with E-state index < -0.39 is 0 Å². The van der Waals surface area contributed by atoms with Gasteiger partial charge in [-0.05, 0) is 30.5 Å². The van der Waals surface area contributed by atoms with Crippen LogP contribution >= 0.6 is 0 Å². The number of ether oxygens (including phenoxy) is 1. The van der Waals surface area contributed by atoms with Crippen LogP contribution in [0.5, 0.6) is 5.75 Å². The van der Waals surface area contributed by atoms with Gasteiger partial charge in [-0.2, -0.15) is 0 Å². The van der Waals surface area contributed by atoms with Gasteiger partial charge in [0.1, 0.15) is 5.75 Å². The quantitative estimate of drug-likeness (QED) is 0.863. The Kier molecular flexibility index (Phi) is 4.33. The molecule has 0 saturated heterocycles. The number of nitrogens with one attached hydrogen (secondary N) is 1. The number of amides is 1. The fraction of sp³-hybridized carbons (Fsp3) is 0.562. The zero-order chi connectivity index (χ0) is 14.8. The summed E-state index contributed by atoms with van der Waals surface area (Å²) in [7, 11) is 1.65. The number of hydrogen-bond donors (Lipinski definition) is 2. The molecule has 20 heavy (non-hydrogen) atoms. The number of aryl methyl sites for hydroxylation is 1. The summed E-state index contributed by atoms with van der Waals surface area (Å²) in [5.74, 6) is 0.939. The molecule has 0 bridgehead atoms. The Bertz CT molecular complexity index is 468. The molecule has 2 unspecified atom stereocenters. The van der Waals surface area contributed by atoms with Crippen LogP contribution in [0.4, 0.5) is 0 Å². The van der Waals surface area contributed by atoms with Crippen LogP contribution in [0.3, 0.4) is 0 Å². The van der Waals surface area contributed by atoms with E-state index in [0.717, 1.165) is 24.2 Å². The number of nitrogens with two attached hydrogens (primary N) is 1. The highest BCUT2D eigenvalue weighted by Crippen LogP contribution is 2.38. The Labute approximate surface area is 120 Å². The first-order valence-corrected chi connectivity index (χ1v) is 7.11. The van der Waals surface area contributed by atoms with Crippen molar-refractivity contribution in [3.05, 3.63) is 29.8 Å². The monoisotopic (exact) mass is 276 g/mol. The normalized spacial score (nSPS) is 23.8. The Morgan fingerprint density at radius 3 is 2.55 bits per heavy atom. The van der Waals surface area contributed by atoms with Gasteiger partial charge in [-0.1, -0.05) is 26.0 Å². The number of rotatable bonds is 5. The maximum absolute atomic E-state index is 12.0. The van der Waals surface area contributed by atoms with Gasteiger partial charge in [0.2, 0.25) is 5.91 Å². The minimum absolute atomic E-state index is 0.00970. The lowest BCUT2D eigenvalue weighted by molar-refractivity contribution is -0.124. The second-order valence-corrected chi connectivity index (χ2v) is 6.13. The fourth-order valence-electron chi connectivity index (χ4n) is 2.52. The molecule has 2 rings (SSSR count). The summed E-state index contributed by atoms with van der Waals surface area (Å²) < 4.78 is 5.11. The van der Waals surface area contributed by atoms with Crippen LogP contribution in [0.2, 0.25) is 0 Å². The van der Waals surface area contributed by atoms with Crippen molar-refractivity contribution in [3.63, 3.8) is 0 Å². The van der Waals surface area contributed by atoms with E-state index in [2.05, 4.69) is 19.2 Å². The van der Waals surface area contributed by atoms with Crippen molar-refractivity contribution in [3.8, 4) is 5.75 Å². The molecule has 1 aliphatic carbocycles. The molecule has 1 saturated carbocycles. The van der Waals surface area contributed by atoms with E-state index in [-0.39, 0.29) is 23.4 Å². The van der Waals surface area contributed by atoms with Gasteiger partial charge in [0.05, 0.1) is 7.11 Å². The number of hydrogen-bond acceptors (Lipinski definition) is 3. The topological polar surface area (TPSA) is 64.3 Å². The Hall–Kier alpha value is -1.55. The maximum Gasteiger partial charge on any atom is 0.220 e. The molecular weight excluding hydrogens is 252 g/mol. The van der Waals surface area contributed by atoms with Crippen molar-refractivity contribution in [2.75, 3.05) is 7.11 Å². The minimum atomic E-state index is 0.00970. The molecule has 110 valence electrons. The lowest BCUT2D eigenvalue weighted by Gasteiger charge is -2.50. The first-order valence-electron chi connectivity index (χ1n) is 7.11. The van der Waals surface area contributed by atoms with Crippen LogP contribution in [-0.2, 0) is 11.2 Å². The molecule has 0 spiro atoms. The number of carbonyl (C=O) groups is 1. The molecular formula is C16H24N2O2. The highest BCUT2D eigenvalue weighted by molar-refractivity contribution is 5.76. The molecule has 1 amide bonds. The third kappa shape index (κ3) is 3.12. The van der Waals surface area contributed by atoms with Gasteiger partial charge >= 0.3 is 0 Å². The van der Waals surface area contributed by atoms with E-state index in [0.29, 0.717) is 6.42 Å². The first-order chi connectivity index (χ1) is 9.43. The largest absolute Gasteiger partial charge is 0.497 e. The van der Waals surface area contributed by atoms with Crippen LogP contribution < -0.4 is 15.8 Å². The predicted molar refractivity (Wildman–Crippen MR) is 79.6 cm³/mol. The molecule has 2 atom stereocenters. The van der Waals surface area contributed by atoms with Crippen LogP contribution in [-0.4, -0.2) is 25.1 Å². The van der Waals surface area contributed by atoms with Gasteiger partial charge in [-0.15, -0.1) is 0 Å². The SMILES string of the molecule is COc1ccc(CCC(=O)NC2CC(N)C2(C)C)cc1. The predicted octanol–water partition coefficient (Wildman–Crippen LogP) is 1.87. The molecule has 1 aromatic rings. The molecule has 4 nitrogen and oxygen atoms in total. The van der Waals surface area contributed by atoms with E-state index in [1.165, 1.54) is 0 Å². The van der Waals surface area contributed by atoms with E-state index in [4.69, 9.17) is 10.5 Å². The summed E-state index contributed by atoms with van der Waals surface area (Å²) in [6, 6.07) is 8.22. The van der Waals surface area contributed by atoms with Crippen LogP contribution in [0.15, 0.2) is 24.3 Å². The van der Waals surface area contributed by atoms with Gasteiger partial charge in [0.25, 0.3) is 0 Å². The number of carbonyl (C=O) groups excluding carboxylic acids is 1. The highest BCUT2D eigenvalue weighted by Gasteiger charge is 2.46. The van der Waals surface area contributed by atoms with E-state index in [9.17, 15) is 4.79 Å². The first kappa shape index (κ1) is 14.9. The van der Waals surface area contributed by atoms with E-state index in [1.54, 1.807) is 7.11 Å². The fourth-order valence-corrected chi connectivity index (χ4v) is 2.52. The summed E-state index contributed by atoms with van der Waals surface area (Å²) in [6.07, 6.45) is 2.13. The van der Waals surface area contributed by atoms with Gasteiger partial charge in [0, 0.05) is 23.9 Å². The molecule has 1 fully saturated rings. The molecule has 4 heteroatoms. The second-order valence-electron chi connectivity index (χ2n) is 6.13. The van der Waals surface area contributed by atoms with Crippen molar-refractivity contribution in [2.24, 2.45) is 11.1 Å². The molecule has 1 aliphatic rings. The summed E-state index contributed by atoms with van der Waals surface area (Å²) in [5, 5.41) is 3.09. The lowest BCUT2D eigenvalue weighted by atomic mass is 9.63. The zero-order valence-corrected chi connectivity index (χ0v) is 12.5. The standard InChI is InChI=1S/C16H24N2O2/c1-16(2)13(17)10-14(16)18-15(19)9-6-11-4-7-12(20-3)8-5-11/h4-5,7-8,13-14H,6,9-10,17H2,1-3H3,(H,18,19). The van der Waals surface area contributed by atoms with Crippen LogP contribution in [0.1, 0.15) is 32.3 Å². The molecule has 0 aromatic heterocycles. The Morgan fingerprint density at radius 2 is 2.05 bits per heavy atom. The van der Waals surface area contributed by atoms with Crippen molar-refractivity contribution in [1.29, 1.82) is 0 Å². The average Bonchev–Trinajstić information content (AvgIpc) is 2.45. The zero-order valence-electron chi connectivity index (χ0n) is 12.5. The maximum atomic E-state index is 12.0. The van der Waals surface area contributed by atoms with Crippen molar-refractivity contribution < 1.29 is 9.53 Å². The lowest BCUT2D eigenvalue weighted by Crippen LogP contribution is -2.64. The summed E-state index contributed by atoms with van der Waals surface area (Å²) in [4.78, 5) is 12.0. The van der Waals surface area contributed by atoms with Crippen molar-refractivity contribution in [2.45, 2.75) is 45.2 Å². The molecule has 3 N–H and O–H groups in total. The van der Waals surface area contributed by atoms with Crippen LogP contribution in [0.25, 0.3) is 0 Å². The average molecular weight is 276 g/mol.